The van der Waals surface area contributed by atoms with Gasteiger partial charge in [0, 0.05) is 24.3 Å². The first-order valence-electron chi connectivity index (χ1n) is 5.67. The summed E-state index contributed by atoms with van der Waals surface area (Å²) in [5, 5.41) is 13.9. The Kier molecular flexibility index (Phi) is 6.17. The Morgan fingerprint density at radius 2 is 2.19 bits per heavy atom. The summed E-state index contributed by atoms with van der Waals surface area (Å²) in [5.41, 5.74) is 0.0976. The molecule has 0 aliphatic carbocycles. The lowest BCUT2D eigenvalue weighted by Crippen LogP contribution is -2.26. The standard InChI is InChI=1S/C12H12ClN3O4S/c13-4-5-15-12(17)9(7-14)8-16-10-2-1-3-11(6-10)21(18,19)20/h1-3,6,8,16H,4-5H2,(H,15,17)(H,18,19,20)/b9-8-. The van der Waals surface area contributed by atoms with Crippen molar-refractivity contribution in [3.63, 3.8) is 0 Å². The van der Waals surface area contributed by atoms with Crippen LogP contribution in [0.25, 0.3) is 0 Å². The van der Waals surface area contributed by atoms with Crippen molar-refractivity contribution < 1.29 is 17.8 Å². The second-order valence-corrected chi connectivity index (χ2v) is 5.56. The van der Waals surface area contributed by atoms with E-state index in [1.165, 1.54) is 18.2 Å². The lowest BCUT2D eigenvalue weighted by molar-refractivity contribution is -0.117. The number of rotatable bonds is 6. The van der Waals surface area contributed by atoms with E-state index in [9.17, 15) is 13.2 Å². The highest BCUT2D eigenvalue weighted by atomic mass is 35.5. The quantitative estimate of drug-likeness (QED) is 0.311. The van der Waals surface area contributed by atoms with Gasteiger partial charge in [0.2, 0.25) is 0 Å². The van der Waals surface area contributed by atoms with Crippen LogP contribution in [0.3, 0.4) is 0 Å². The van der Waals surface area contributed by atoms with Crippen molar-refractivity contribution in [2.45, 2.75) is 4.90 Å². The molecule has 0 atom stereocenters. The van der Waals surface area contributed by atoms with Crippen LogP contribution in [0.5, 0.6) is 0 Å². The summed E-state index contributed by atoms with van der Waals surface area (Å²) in [6.45, 7) is 0.220. The molecule has 0 fully saturated rings. The third-order valence-electron chi connectivity index (χ3n) is 2.26. The minimum atomic E-state index is -4.32. The zero-order valence-corrected chi connectivity index (χ0v) is 12.3. The number of hydrogen-bond acceptors (Lipinski definition) is 5. The van der Waals surface area contributed by atoms with Gasteiger partial charge in [-0.1, -0.05) is 6.07 Å². The van der Waals surface area contributed by atoms with Gasteiger partial charge in [-0.15, -0.1) is 11.6 Å². The molecule has 0 bridgehead atoms. The van der Waals surface area contributed by atoms with Crippen LogP contribution in [-0.2, 0) is 14.9 Å². The van der Waals surface area contributed by atoms with Crippen LogP contribution in [0.4, 0.5) is 5.69 Å². The Bertz CT molecular complexity index is 695. The Morgan fingerprint density at radius 1 is 1.48 bits per heavy atom. The number of nitrogens with one attached hydrogen (secondary N) is 2. The fourth-order valence-corrected chi connectivity index (χ4v) is 1.93. The highest BCUT2D eigenvalue weighted by Crippen LogP contribution is 2.15. The van der Waals surface area contributed by atoms with Gasteiger partial charge in [0.15, 0.2) is 0 Å². The Morgan fingerprint density at radius 3 is 2.76 bits per heavy atom. The van der Waals surface area contributed by atoms with Gasteiger partial charge in [0.1, 0.15) is 11.6 Å². The van der Waals surface area contributed by atoms with E-state index < -0.39 is 16.0 Å². The molecule has 0 saturated carbocycles. The maximum Gasteiger partial charge on any atom is 0.294 e. The van der Waals surface area contributed by atoms with Crippen molar-refractivity contribution >= 4 is 33.3 Å². The van der Waals surface area contributed by atoms with Crippen LogP contribution >= 0.6 is 11.6 Å². The zero-order chi connectivity index (χ0) is 15.9. The van der Waals surface area contributed by atoms with Crippen molar-refractivity contribution in [2.75, 3.05) is 17.7 Å². The molecule has 1 amide bonds. The van der Waals surface area contributed by atoms with Crippen LogP contribution in [0.2, 0.25) is 0 Å². The summed E-state index contributed by atoms with van der Waals surface area (Å²) in [6.07, 6.45) is 1.13. The van der Waals surface area contributed by atoms with Gasteiger partial charge in [-0.2, -0.15) is 13.7 Å². The first-order chi connectivity index (χ1) is 9.88. The number of halogens is 1. The Hall–Kier alpha value is -2.08. The molecular formula is C12H12ClN3O4S. The van der Waals surface area contributed by atoms with Crippen LogP contribution in [0.15, 0.2) is 40.9 Å². The van der Waals surface area contributed by atoms with Crippen molar-refractivity contribution in [1.82, 2.24) is 5.32 Å². The van der Waals surface area contributed by atoms with E-state index in [-0.39, 0.29) is 22.9 Å². The average molecular weight is 330 g/mol. The molecule has 7 nitrogen and oxygen atoms in total. The lowest BCUT2D eigenvalue weighted by Gasteiger charge is -2.05. The van der Waals surface area contributed by atoms with Gasteiger partial charge in [-0.05, 0) is 18.2 Å². The molecule has 1 aromatic carbocycles. The molecule has 3 N–H and O–H groups in total. The number of anilines is 1. The molecule has 0 aliphatic rings. The Labute approximate surface area is 127 Å². The van der Waals surface area contributed by atoms with Crippen molar-refractivity contribution in [1.29, 1.82) is 5.26 Å². The second kappa shape index (κ2) is 7.64. The summed E-state index contributed by atoms with van der Waals surface area (Å²) in [7, 11) is -4.32. The normalized spacial score (nSPS) is 11.6. The fourth-order valence-electron chi connectivity index (χ4n) is 1.31. The van der Waals surface area contributed by atoms with Gasteiger partial charge in [0.25, 0.3) is 16.0 Å². The van der Waals surface area contributed by atoms with E-state index in [4.69, 9.17) is 21.4 Å². The minimum absolute atomic E-state index is 0.197. The molecule has 0 saturated heterocycles. The van der Waals surface area contributed by atoms with E-state index in [2.05, 4.69) is 10.6 Å². The number of amides is 1. The van der Waals surface area contributed by atoms with E-state index in [1.807, 2.05) is 0 Å². The van der Waals surface area contributed by atoms with Gasteiger partial charge < -0.3 is 10.6 Å². The average Bonchev–Trinajstić information content (AvgIpc) is 2.45. The third kappa shape index (κ3) is 5.43. The van der Waals surface area contributed by atoms with Crippen molar-refractivity contribution in [3.8, 4) is 6.07 Å². The second-order valence-electron chi connectivity index (χ2n) is 3.76. The highest BCUT2D eigenvalue weighted by Gasteiger charge is 2.10. The topological polar surface area (TPSA) is 119 Å². The summed E-state index contributed by atoms with van der Waals surface area (Å²) >= 11 is 5.41. The molecule has 0 aromatic heterocycles. The van der Waals surface area contributed by atoms with Crippen LogP contribution < -0.4 is 10.6 Å². The number of carbonyl (C=O) groups is 1. The first kappa shape index (κ1) is 17.0. The third-order valence-corrected chi connectivity index (χ3v) is 3.30. The molecule has 0 heterocycles. The summed E-state index contributed by atoms with van der Waals surface area (Å²) in [5.74, 6) is -0.384. The maximum absolute atomic E-state index is 11.5. The summed E-state index contributed by atoms with van der Waals surface area (Å²) < 4.78 is 30.9. The number of nitriles is 1. The molecule has 1 rings (SSSR count). The molecule has 9 heteroatoms. The number of nitrogens with zero attached hydrogens (tertiary/aromatic N) is 1. The largest absolute Gasteiger partial charge is 0.360 e. The summed E-state index contributed by atoms with van der Waals surface area (Å²) in [6, 6.07) is 6.99. The van der Waals surface area contributed by atoms with Gasteiger partial charge in [0.05, 0.1) is 4.90 Å². The SMILES string of the molecule is N#C/C(=C/Nc1cccc(S(=O)(=O)O)c1)C(=O)NCCCl. The highest BCUT2D eigenvalue weighted by molar-refractivity contribution is 7.85. The molecule has 112 valence electrons. The van der Waals surface area contributed by atoms with Crippen LogP contribution in [0.1, 0.15) is 0 Å². The number of alkyl halides is 1. The van der Waals surface area contributed by atoms with Crippen molar-refractivity contribution in [2.24, 2.45) is 0 Å². The monoisotopic (exact) mass is 329 g/mol. The molecule has 0 spiro atoms. The smallest absolute Gasteiger partial charge is 0.294 e. The van der Waals surface area contributed by atoms with E-state index in [1.54, 1.807) is 6.07 Å². The van der Waals surface area contributed by atoms with Gasteiger partial charge in [-0.3, -0.25) is 9.35 Å². The van der Waals surface area contributed by atoms with E-state index in [0.717, 1.165) is 12.3 Å². The fraction of sp³-hybridized carbons (Fsp3) is 0.167. The van der Waals surface area contributed by atoms with E-state index >= 15 is 0 Å². The minimum Gasteiger partial charge on any atom is -0.360 e. The van der Waals surface area contributed by atoms with Gasteiger partial charge in [-0.25, -0.2) is 0 Å². The molecule has 1 aromatic rings. The number of hydrogen-bond donors (Lipinski definition) is 3. The van der Waals surface area contributed by atoms with Crippen molar-refractivity contribution in [3.05, 3.63) is 36.0 Å². The molecule has 0 radical (unpaired) electrons. The molecule has 0 unspecified atom stereocenters. The molecular weight excluding hydrogens is 318 g/mol. The van der Waals surface area contributed by atoms with Crippen LogP contribution in [0, 0.1) is 11.3 Å². The predicted molar refractivity (Wildman–Crippen MR) is 77.3 cm³/mol. The summed E-state index contributed by atoms with van der Waals surface area (Å²) in [4.78, 5) is 11.2. The zero-order valence-electron chi connectivity index (χ0n) is 10.7. The lowest BCUT2D eigenvalue weighted by atomic mass is 10.3. The van der Waals surface area contributed by atoms with Crippen LogP contribution in [-0.4, -0.2) is 31.3 Å². The van der Waals surface area contributed by atoms with Gasteiger partial charge >= 0.3 is 0 Å². The number of carbonyl (C=O) groups excluding carboxylic acids is 1. The predicted octanol–water partition coefficient (Wildman–Crippen LogP) is 1.11. The van der Waals surface area contributed by atoms with E-state index in [0.29, 0.717) is 5.69 Å². The molecule has 21 heavy (non-hydrogen) atoms. The molecule has 0 aliphatic heterocycles. The first-order valence-corrected chi connectivity index (χ1v) is 7.64. The number of benzene rings is 1. The maximum atomic E-state index is 11.5. The Balaban J connectivity index is 2.88.